The minimum Gasteiger partial charge on any atom is -0.489 e. The molecule has 0 saturated heterocycles. The van der Waals surface area contributed by atoms with E-state index < -0.39 is 0 Å². The fourth-order valence-electron chi connectivity index (χ4n) is 4.10. The number of benzene rings is 4. The summed E-state index contributed by atoms with van der Waals surface area (Å²) in [5.41, 5.74) is 9.10. The molecule has 0 aliphatic carbocycles. The molecule has 0 atom stereocenters. The molecule has 5 aromatic rings. The van der Waals surface area contributed by atoms with E-state index in [1.54, 1.807) is 30.5 Å². The number of carbonyl (C=O) groups is 1. The second-order valence-corrected chi connectivity index (χ2v) is 8.79. The van der Waals surface area contributed by atoms with Crippen molar-refractivity contribution in [1.29, 1.82) is 0 Å². The molecular formula is C32H26FN3O2. The molecule has 5 nitrogen and oxygen atoms in total. The van der Waals surface area contributed by atoms with E-state index in [1.807, 2.05) is 54.6 Å². The van der Waals surface area contributed by atoms with Crippen molar-refractivity contribution in [2.75, 3.05) is 0 Å². The van der Waals surface area contributed by atoms with Gasteiger partial charge in [0, 0.05) is 16.9 Å². The average Bonchev–Trinajstić information content (AvgIpc) is 3.35. The molecule has 0 aliphatic rings. The summed E-state index contributed by atoms with van der Waals surface area (Å²) in [6, 6.07) is 35.4. The zero-order chi connectivity index (χ0) is 26.3. The van der Waals surface area contributed by atoms with Gasteiger partial charge in [0.25, 0.3) is 5.91 Å². The van der Waals surface area contributed by atoms with Gasteiger partial charge >= 0.3 is 0 Å². The van der Waals surface area contributed by atoms with Crippen molar-refractivity contribution in [2.24, 2.45) is 5.10 Å². The third-order valence-electron chi connectivity index (χ3n) is 6.11. The van der Waals surface area contributed by atoms with Crippen molar-refractivity contribution in [3.8, 4) is 22.7 Å². The Hall–Kier alpha value is -4.97. The van der Waals surface area contributed by atoms with Crippen molar-refractivity contribution in [2.45, 2.75) is 13.5 Å². The Labute approximate surface area is 220 Å². The van der Waals surface area contributed by atoms with Gasteiger partial charge in [-0.3, -0.25) is 4.79 Å². The molecule has 0 saturated carbocycles. The summed E-state index contributed by atoms with van der Waals surface area (Å²) in [7, 11) is 0. The fraction of sp³-hybridized carbons (Fsp3) is 0.0625. The average molecular weight is 504 g/mol. The Kier molecular flexibility index (Phi) is 7.41. The number of rotatable bonds is 8. The summed E-state index contributed by atoms with van der Waals surface area (Å²) in [4.78, 5) is 12.6. The van der Waals surface area contributed by atoms with Crippen LogP contribution >= 0.6 is 0 Å². The predicted molar refractivity (Wildman–Crippen MR) is 148 cm³/mol. The second-order valence-electron chi connectivity index (χ2n) is 8.79. The van der Waals surface area contributed by atoms with E-state index in [-0.39, 0.29) is 11.7 Å². The second kappa shape index (κ2) is 11.4. The van der Waals surface area contributed by atoms with Gasteiger partial charge in [-0.1, -0.05) is 42.5 Å². The van der Waals surface area contributed by atoms with Crippen LogP contribution in [0.15, 0.2) is 120 Å². The van der Waals surface area contributed by atoms with Gasteiger partial charge in [0.2, 0.25) is 0 Å². The molecule has 5 rings (SSSR count). The molecule has 188 valence electrons. The maximum atomic E-state index is 13.0. The van der Waals surface area contributed by atoms with Gasteiger partial charge in [-0.05, 0) is 96.4 Å². The maximum Gasteiger partial charge on any atom is 0.271 e. The van der Waals surface area contributed by atoms with E-state index in [4.69, 9.17) is 4.74 Å². The normalized spacial score (nSPS) is 11.0. The lowest BCUT2D eigenvalue weighted by molar-refractivity contribution is 0.0955. The van der Waals surface area contributed by atoms with Crippen LogP contribution < -0.4 is 10.2 Å². The highest BCUT2D eigenvalue weighted by molar-refractivity contribution is 5.95. The number of aryl methyl sites for hydroxylation is 1. The van der Waals surface area contributed by atoms with E-state index in [9.17, 15) is 9.18 Å². The van der Waals surface area contributed by atoms with Crippen molar-refractivity contribution < 1.29 is 13.9 Å². The molecular weight excluding hydrogens is 477 g/mol. The Morgan fingerprint density at radius 2 is 1.58 bits per heavy atom. The largest absolute Gasteiger partial charge is 0.489 e. The van der Waals surface area contributed by atoms with Crippen LogP contribution in [-0.2, 0) is 6.61 Å². The summed E-state index contributed by atoms with van der Waals surface area (Å²) < 4.78 is 20.9. The van der Waals surface area contributed by atoms with Gasteiger partial charge in [-0.15, -0.1) is 0 Å². The zero-order valence-electron chi connectivity index (χ0n) is 20.8. The van der Waals surface area contributed by atoms with E-state index in [0.29, 0.717) is 17.9 Å². The number of nitrogens with one attached hydrogen (secondary N) is 1. The third-order valence-corrected chi connectivity index (χ3v) is 6.11. The number of nitrogens with zero attached hydrogens (tertiary/aromatic N) is 2. The summed E-state index contributed by atoms with van der Waals surface area (Å²) in [6.07, 6.45) is 1.57. The SMILES string of the molecule is Cc1ccc(-c2ccccc2)n1-c1ccc(C(=O)N/N=C/c2ccc(OCc3ccc(F)cc3)cc2)cc1. The lowest BCUT2D eigenvalue weighted by atomic mass is 10.1. The molecule has 0 fully saturated rings. The van der Waals surface area contributed by atoms with Gasteiger partial charge in [0.05, 0.1) is 11.9 Å². The lowest BCUT2D eigenvalue weighted by Crippen LogP contribution is -2.17. The number of amides is 1. The van der Waals surface area contributed by atoms with E-state index in [1.165, 1.54) is 12.1 Å². The van der Waals surface area contributed by atoms with Crippen molar-refractivity contribution in [3.63, 3.8) is 0 Å². The molecule has 4 aromatic carbocycles. The van der Waals surface area contributed by atoms with Crippen LogP contribution in [0.25, 0.3) is 16.9 Å². The predicted octanol–water partition coefficient (Wildman–Crippen LogP) is 6.93. The molecule has 6 heteroatoms. The summed E-state index contributed by atoms with van der Waals surface area (Å²) in [5.74, 6) is 0.120. The molecule has 38 heavy (non-hydrogen) atoms. The van der Waals surface area contributed by atoms with Gasteiger partial charge in [-0.25, -0.2) is 9.82 Å². The molecule has 0 bridgehead atoms. The summed E-state index contributed by atoms with van der Waals surface area (Å²) in [6.45, 7) is 2.41. The molecule has 0 aliphatic heterocycles. The van der Waals surface area contributed by atoms with E-state index in [2.05, 4.69) is 46.3 Å². The highest BCUT2D eigenvalue weighted by Crippen LogP contribution is 2.26. The molecule has 0 unspecified atom stereocenters. The quantitative estimate of drug-likeness (QED) is 0.184. The number of halogens is 1. The molecule has 0 radical (unpaired) electrons. The minimum absolute atomic E-state index is 0.272. The Morgan fingerprint density at radius 1 is 0.868 bits per heavy atom. The van der Waals surface area contributed by atoms with Gasteiger partial charge < -0.3 is 9.30 Å². The topological polar surface area (TPSA) is 55.6 Å². The van der Waals surface area contributed by atoms with Gasteiger partial charge in [0.15, 0.2) is 0 Å². The fourth-order valence-corrected chi connectivity index (χ4v) is 4.10. The van der Waals surface area contributed by atoms with Crippen LogP contribution in [0.3, 0.4) is 0 Å². The van der Waals surface area contributed by atoms with Crippen molar-refractivity contribution in [1.82, 2.24) is 9.99 Å². The summed E-state index contributed by atoms with van der Waals surface area (Å²) in [5, 5.41) is 4.08. The van der Waals surface area contributed by atoms with Crippen molar-refractivity contribution >= 4 is 12.1 Å². The molecule has 1 aromatic heterocycles. The van der Waals surface area contributed by atoms with Crippen LogP contribution in [0, 0.1) is 12.7 Å². The first-order valence-corrected chi connectivity index (χ1v) is 12.2. The zero-order valence-corrected chi connectivity index (χ0v) is 20.8. The summed E-state index contributed by atoms with van der Waals surface area (Å²) >= 11 is 0. The number of ether oxygens (including phenoxy) is 1. The van der Waals surface area contributed by atoms with Gasteiger partial charge in [-0.2, -0.15) is 5.10 Å². The van der Waals surface area contributed by atoms with Gasteiger partial charge in [0.1, 0.15) is 18.2 Å². The Balaban J connectivity index is 1.18. The highest BCUT2D eigenvalue weighted by Gasteiger charge is 2.11. The first kappa shape index (κ1) is 24.7. The number of hydrogen-bond donors (Lipinski definition) is 1. The van der Waals surface area contributed by atoms with Crippen molar-refractivity contribution in [3.05, 3.63) is 143 Å². The smallest absolute Gasteiger partial charge is 0.271 e. The lowest BCUT2D eigenvalue weighted by Gasteiger charge is -2.12. The maximum absolute atomic E-state index is 13.0. The molecule has 1 amide bonds. The van der Waals surface area contributed by atoms with Crippen LogP contribution in [0.1, 0.15) is 27.2 Å². The number of hydrogen-bond acceptors (Lipinski definition) is 3. The number of hydrazone groups is 1. The molecule has 0 spiro atoms. The van der Waals surface area contributed by atoms with Crippen LogP contribution in [0.5, 0.6) is 5.75 Å². The Bertz CT molecular complexity index is 1540. The van der Waals surface area contributed by atoms with E-state index >= 15 is 0 Å². The monoisotopic (exact) mass is 503 g/mol. The first-order chi connectivity index (χ1) is 18.6. The first-order valence-electron chi connectivity index (χ1n) is 12.2. The molecule has 1 N–H and O–H groups in total. The Morgan fingerprint density at radius 3 is 2.29 bits per heavy atom. The van der Waals surface area contributed by atoms with E-state index in [0.717, 1.165) is 33.8 Å². The minimum atomic E-state index is -0.292. The van der Waals surface area contributed by atoms with Crippen LogP contribution in [0.4, 0.5) is 4.39 Å². The highest BCUT2D eigenvalue weighted by atomic mass is 19.1. The standard InChI is InChI=1S/C32H26FN3O2/c1-23-7-20-31(26-5-3-2-4-6-26)36(23)29-16-12-27(13-17-29)32(37)35-34-21-24-10-18-30(19-11-24)38-22-25-8-14-28(33)15-9-25/h2-21H,22H2,1H3,(H,35,37)/b34-21+. The number of carbonyl (C=O) groups excluding carboxylic acids is 1. The third kappa shape index (κ3) is 5.87. The number of aromatic nitrogens is 1. The van der Waals surface area contributed by atoms with Crippen LogP contribution in [0.2, 0.25) is 0 Å². The molecule has 1 heterocycles. The van der Waals surface area contributed by atoms with Crippen LogP contribution in [-0.4, -0.2) is 16.7 Å².